The van der Waals surface area contributed by atoms with Crippen molar-refractivity contribution in [2.24, 2.45) is 0 Å². The number of nitrogens with one attached hydrogen (secondary N) is 2. The zero-order chi connectivity index (χ0) is 14.8. The number of pyridine rings is 1. The number of nitrogens with zero attached hydrogens (tertiary/aromatic N) is 1. The molecule has 0 saturated heterocycles. The molecule has 0 spiro atoms. The van der Waals surface area contributed by atoms with E-state index < -0.39 is 0 Å². The van der Waals surface area contributed by atoms with E-state index in [2.05, 4.69) is 10.3 Å². The lowest BCUT2D eigenvalue weighted by Crippen LogP contribution is -2.04. The van der Waals surface area contributed by atoms with E-state index in [9.17, 15) is 4.39 Å². The highest BCUT2D eigenvalue weighted by Crippen LogP contribution is 2.24. The molecule has 2 aromatic carbocycles. The van der Waals surface area contributed by atoms with Gasteiger partial charge in [-0.05, 0) is 37.3 Å². The fourth-order valence-electron chi connectivity index (χ4n) is 2.23. The molecule has 1 heterocycles. The van der Waals surface area contributed by atoms with E-state index in [0.717, 1.165) is 16.6 Å². The summed E-state index contributed by atoms with van der Waals surface area (Å²) in [6, 6.07) is 16.0. The van der Waals surface area contributed by atoms with E-state index in [1.54, 1.807) is 25.1 Å². The summed E-state index contributed by atoms with van der Waals surface area (Å²) in [5.74, 6) is 0.0774. The Balaban J connectivity index is 2.10. The number of hydrogen-bond acceptors (Lipinski definition) is 2. The molecule has 104 valence electrons. The van der Waals surface area contributed by atoms with Gasteiger partial charge in [-0.25, -0.2) is 9.37 Å². The average molecular weight is 279 g/mol. The number of anilines is 1. The minimum absolute atomic E-state index is 0.283. The van der Waals surface area contributed by atoms with Gasteiger partial charge in [0.15, 0.2) is 0 Å². The largest absolute Gasteiger partial charge is 0.344 e. The summed E-state index contributed by atoms with van der Waals surface area (Å²) in [7, 11) is 0. The number of fused-ring (bicyclic) bond motifs is 1. The minimum atomic E-state index is -0.283. The molecule has 3 nitrogen and oxygen atoms in total. The van der Waals surface area contributed by atoms with Crippen molar-refractivity contribution in [1.29, 1.82) is 5.41 Å². The summed E-state index contributed by atoms with van der Waals surface area (Å²) in [5.41, 5.74) is 2.65. The van der Waals surface area contributed by atoms with Gasteiger partial charge in [-0.3, -0.25) is 5.41 Å². The zero-order valence-electron chi connectivity index (χ0n) is 11.5. The molecule has 0 fully saturated rings. The SMILES string of the molecule is CC(=N)Nc1ccc2ccc(-c3ccccc3F)nc2c1. The third-order valence-corrected chi connectivity index (χ3v) is 3.17. The van der Waals surface area contributed by atoms with Gasteiger partial charge in [-0.15, -0.1) is 0 Å². The van der Waals surface area contributed by atoms with Crippen molar-refractivity contribution in [1.82, 2.24) is 4.98 Å². The van der Waals surface area contributed by atoms with E-state index in [1.165, 1.54) is 6.07 Å². The van der Waals surface area contributed by atoms with E-state index in [4.69, 9.17) is 5.41 Å². The first-order valence-electron chi connectivity index (χ1n) is 6.61. The lowest BCUT2D eigenvalue weighted by molar-refractivity contribution is 0.631. The van der Waals surface area contributed by atoms with Gasteiger partial charge < -0.3 is 5.32 Å². The van der Waals surface area contributed by atoms with Gasteiger partial charge in [0.2, 0.25) is 0 Å². The molecule has 0 saturated carbocycles. The predicted octanol–water partition coefficient (Wildman–Crippen LogP) is 4.45. The van der Waals surface area contributed by atoms with Crippen LogP contribution in [0.2, 0.25) is 0 Å². The van der Waals surface area contributed by atoms with Gasteiger partial charge in [-0.1, -0.05) is 24.3 Å². The topological polar surface area (TPSA) is 48.8 Å². The Hall–Kier alpha value is -2.75. The van der Waals surface area contributed by atoms with Crippen LogP contribution in [-0.2, 0) is 0 Å². The number of hydrogen-bond donors (Lipinski definition) is 2. The minimum Gasteiger partial charge on any atom is -0.344 e. The number of halogens is 1. The number of aromatic nitrogens is 1. The van der Waals surface area contributed by atoms with E-state index in [-0.39, 0.29) is 5.82 Å². The predicted molar refractivity (Wildman–Crippen MR) is 84.2 cm³/mol. The normalized spacial score (nSPS) is 10.6. The monoisotopic (exact) mass is 279 g/mol. The van der Waals surface area contributed by atoms with Crippen LogP contribution in [0.25, 0.3) is 22.2 Å². The highest BCUT2D eigenvalue weighted by Gasteiger charge is 2.07. The van der Waals surface area contributed by atoms with Crippen molar-refractivity contribution in [3.63, 3.8) is 0 Å². The zero-order valence-corrected chi connectivity index (χ0v) is 11.5. The van der Waals surface area contributed by atoms with Gasteiger partial charge in [0.05, 0.1) is 17.0 Å². The highest BCUT2D eigenvalue weighted by atomic mass is 19.1. The first kappa shape index (κ1) is 13.2. The molecule has 0 aliphatic rings. The molecule has 0 radical (unpaired) electrons. The van der Waals surface area contributed by atoms with E-state index >= 15 is 0 Å². The van der Waals surface area contributed by atoms with Gasteiger partial charge in [0.25, 0.3) is 0 Å². The van der Waals surface area contributed by atoms with Gasteiger partial charge >= 0.3 is 0 Å². The van der Waals surface area contributed by atoms with Crippen molar-refractivity contribution < 1.29 is 4.39 Å². The van der Waals surface area contributed by atoms with Crippen molar-refractivity contribution in [2.75, 3.05) is 5.32 Å². The second-order valence-electron chi connectivity index (χ2n) is 4.83. The van der Waals surface area contributed by atoms with Crippen LogP contribution < -0.4 is 5.32 Å². The van der Waals surface area contributed by atoms with E-state index in [0.29, 0.717) is 17.1 Å². The van der Waals surface area contributed by atoms with Crippen LogP contribution in [0.4, 0.5) is 10.1 Å². The Kier molecular flexibility index (Phi) is 3.36. The lowest BCUT2D eigenvalue weighted by Gasteiger charge is -2.07. The standard InChI is InChI=1S/C17H14FN3/c1-11(19)20-13-8-6-12-7-9-16(21-17(12)10-13)14-4-2-3-5-15(14)18/h2-10H,1H3,(H2,19,20). The van der Waals surface area contributed by atoms with Gasteiger partial charge in [-0.2, -0.15) is 0 Å². The van der Waals surface area contributed by atoms with E-state index in [1.807, 2.05) is 30.3 Å². The second-order valence-corrected chi connectivity index (χ2v) is 4.83. The van der Waals surface area contributed by atoms with Crippen LogP contribution in [0.1, 0.15) is 6.92 Å². The van der Waals surface area contributed by atoms with Gasteiger partial charge in [0, 0.05) is 16.6 Å². The van der Waals surface area contributed by atoms with Crippen LogP contribution in [0.3, 0.4) is 0 Å². The molecule has 4 heteroatoms. The van der Waals surface area contributed by atoms with Crippen LogP contribution in [0, 0.1) is 11.2 Å². The molecule has 0 atom stereocenters. The Morgan fingerprint density at radius 3 is 2.62 bits per heavy atom. The van der Waals surface area contributed by atoms with Crippen LogP contribution in [0.15, 0.2) is 54.6 Å². The summed E-state index contributed by atoms with van der Waals surface area (Å²) < 4.78 is 13.8. The molecule has 0 amide bonds. The molecule has 3 rings (SSSR count). The lowest BCUT2D eigenvalue weighted by atomic mass is 10.1. The molecule has 0 bridgehead atoms. The highest BCUT2D eigenvalue weighted by molar-refractivity contribution is 5.94. The smallest absolute Gasteiger partial charge is 0.132 e. The number of benzene rings is 2. The fourth-order valence-corrected chi connectivity index (χ4v) is 2.23. The quantitative estimate of drug-likeness (QED) is 0.538. The molecule has 1 aromatic heterocycles. The molecule has 21 heavy (non-hydrogen) atoms. The summed E-state index contributed by atoms with van der Waals surface area (Å²) in [5, 5.41) is 11.4. The van der Waals surface area contributed by atoms with Gasteiger partial charge in [0.1, 0.15) is 5.82 Å². The maximum atomic E-state index is 13.8. The Bertz CT molecular complexity index is 827. The summed E-state index contributed by atoms with van der Waals surface area (Å²) in [6.45, 7) is 1.67. The van der Waals surface area contributed by atoms with Crippen molar-refractivity contribution in [2.45, 2.75) is 6.92 Å². The molecule has 0 aliphatic carbocycles. The maximum absolute atomic E-state index is 13.8. The second kappa shape index (κ2) is 5.32. The number of amidine groups is 1. The third-order valence-electron chi connectivity index (χ3n) is 3.17. The van der Waals surface area contributed by atoms with Crippen LogP contribution >= 0.6 is 0 Å². The summed E-state index contributed by atoms with van der Waals surface area (Å²) >= 11 is 0. The third kappa shape index (κ3) is 2.74. The van der Waals surface area contributed by atoms with Crippen LogP contribution in [0.5, 0.6) is 0 Å². The molecular weight excluding hydrogens is 265 g/mol. The Labute approximate surface area is 122 Å². The van der Waals surface area contributed by atoms with Crippen molar-refractivity contribution in [3.05, 3.63) is 60.4 Å². The van der Waals surface area contributed by atoms with Crippen molar-refractivity contribution >= 4 is 22.4 Å². The molecule has 2 N–H and O–H groups in total. The van der Waals surface area contributed by atoms with Crippen molar-refractivity contribution in [3.8, 4) is 11.3 Å². The number of rotatable bonds is 2. The molecule has 3 aromatic rings. The Morgan fingerprint density at radius 2 is 1.86 bits per heavy atom. The fraction of sp³-hybridized carbons (Fsp3) is 0.0588. The molecule has 0 unspecified atom stereocenters. The summed E-state index contributed by atoms with van der Waals surface area (Å²) in [6.07, 6.45) is 0. The first-order valence-corrected chi connectivity index (χ1v) is 6.61. The molecule has 0 aliphatic heterocycles. The summed E-state index contributed by atoms with van der Waals surface area (Å²) in [4.78, 5) is 4.52. The first-order chi connectivity index (χ1) is 10.1. The molecular formula is C17H14FN3. The Morgan fingerprint density at radius 1 is 1.10 bits per heavy atom. The average Bonchev–Trinajstić information content (AvgIpc) is 2.46. The van der Waals surface area contributed by atoms with Crippen LogP contribution in [-0.4, -0.2) is 10.8 Å². The maximum Gasteiger partial charge on any atom is 0.132 e.